The molecule has 0 spiro atoms. The van der Waals surface area contributed by atoms with Crippen molar-refractivity contribution < 1.29 is 0 Å². The van der Waals surface area contributed by atoms with Crippen molar-refractivity contribution in [1.82, 2.24) is 19.1 Å². The highest BCUT2D eigenvalue weighted by Crippen LogP contribution is 2.40. The van der Waals surface area contributed by atoms with Gasteiger partial charge in [0.1, 0.15) is 6.33 Å². The molecule has 10 rings (SSSR count). The first-order chi connectivity index (χ1) is 22.3. The molecular weight excluding hydrogens is 569 g/mol. The molecule has 0 aliphatic carbocycles. The van der Waals surface area contributed by atoms with Crippen LogP contribution in [-0.2, 0) is 0 Å². The molecule has 0 atom stereocenters. The number of aromatic nitrogens is 4. The molecule has 5 heteroatoms. The molecule has 0 unspecified atom stereocenters. The van der Waals surface area contributed by atoms with Crippen LogP contribution in [0.1, 0.15) is 0 Å². The summed E-state index contributed by atoms with van der Waals surface area (Å²) in [6.07, 6.45) is 1.70. The van der Waals surface area contributed by atoms with E-state index in [9.17, 15) is 0 Å². The van der Waals surface area contributed by atoms with E-state index in [2.05, 4.69) is 149 Å². The molecule has 4 aromatic heterocycles. The van der Waals surface area contributed by atoms with Crippen molar-refractivity contribution in [2.45, 2.75) is 0 Å². The Labute approximate surface area is 262 Å². The average Bonchev–Trinajstić information content (AvgIpc) is 3.76. The van der Waals surface area contributed by atoms with Gasteiger partial charge in [0.2, 0.25) is 0 Å². The molecule has 0 N–H and O–H groups in total. The highest BCUT2D eigenvalue weighted by Gasteiger charge is 2.19. The lowest BCUT2D eigenvalue weighted by Gasteiger charge is -2.11. The van der Waals surface area contributed by atoms with Gasteiger partial charge in [-0.15, -0.1) is 11.3 Å². The number of fused-ring (bicyclic) bond motifs is 9. The molecule has 0 aliphatic heterocycles. The summed E-state index contributed by atoms with van der Waals surface area (Å²) >= 11 is 1.76. The number of rotatable bonds is 3. The van der Waals surface area contributed by atoms with E-state index in [0.29, 0.717) is 0 Å². The minimum absolute atomic E-state index is 0.920. The van der Waals surface area contributed by atoms with E-state index in [1.54, 1.807) is 17.7 Å². The Bertz CT molecular complexity index is 2730. The van der Waals surface area contributed by atoms with Crippen LogP contribution >= 0.6 is 11.3 Å². The topological polar surface area (TPSA) is 35.6 Å². The number of benzene rings is 6. The summed E-state index contributed by atoms with van der Waals surface area (Å²) < 4.78 is 7.02. The molecule has 0 saturated heterocycles. The van der Waals surface area contributed by atoms with Crippen molar-refractivity contribution in [2.24, 2.45) is 0 Å². The van der Waals surface area contributed by atoms with Crippen molar-refractivity contribution in [3.05, 3.63) is 146 Å². The van der Waals surface area contributed by atoms with E-state index >= 15 is 0 Å². The van der Waals surface area contributed by atoms with Gasteiger partial charge < -0.3 is 4.57 Å². The molecule has 0 bridgehead atoms. The third-order valence-corrected chi connectivity index (χ3v) is 10.2. The zero-order chi connectivity index (χ0) is 29.5. The van der Waals surface area contributed by atoms with E-state index in [1.807, 2.05) is 0 Å². The van der Waals surface area contributed by atoms with E-state index in [4.69, 9.17) is 9.97 Å². The van der Waals surface area contributed by atoms with Crippen LogP contribution in [-0.4, -0.2) is 19.1 Å². The summed E-state index contributed by atoms with van der Waals surface area (Å²) in [5.41, 5.74) is 9.17. The molecule has 0 aliphatic rings. The number of para-hydroxylation sites is 3. The van der Waals surface area contributed by atoms with Crippen LogP contribution in [0.5, 0.6) is 0 Å². The van der Waals surface area contributed by atoms with E-state index in [0.717, 1.165) is 38.3 Å². The Morgan fingerprint density at radius 3 is 1.78 bits per heavy atom. The fraction of sp³-hybridized carbons (Fsp3) is 0. The van der Waals surface area contributed by atoms with Crippen LogP contribution in [0.3, 0.4) is 0 Å². The molecule has 0 saturated carbocycles. The van der Waals surface area contributed by atoms with Gasteiger partial charge in [0.05, 0.1) is 32.3 Å². The maximum Gasteiger partial charge on any atom is 0.159 e. The standard InChI is InChI=1S/C40H24N4S/c1-5-16-33-28(12-1)29-13-2-6-17-34(29)43(33)27-11-9-10-25(22-27)26-20-21-31-30-14-3-7-18-35(30)44(36(31)23-26)40-39-38(41-24-42-40)32-15-4-8-19-37(32)45-39/h1-24H. The van der Waals surface area contributed by atoms with Crippen molar-refractivity contribution in [1.29, 1.82) is 0 Å². The van der Waals surface area contributed by atoms with Gasteiger partial charge in [-0.1, -0.05) is 97.1 Å². The van der Waals surface area contributed by atoms with Gasteiger partial charge in [0.25, 0.3) is 0 Å². The summed E-state index contributed by atoms with van der Waals surface area (Å²) in [4.78, 5) is 9.64. The molecule has 210 valence electrons. The molecule has 45 heavy (non-hydrogen) atoms. The Morgan fingerprint density at radius 1 is 0.444 bits per heavy atom. The first kappa shape index (κ1) is 24.6. The molecule has 0 radical (unpaired) electrons. The lowest BCUT2D eigenvalue weighted by Crippen LogP contribution is -1.98. The van der Waals surface area contributed by atoms with Gasteiger partial charge in [0, 0.05) is 37.3 Å². The summed E-state index contributed by atoms with van der Waals surface area (Å²) in [7, 11) is 0. The molecule has 6 aromatic carbocycles. The zero-order valence-corrected chi connectivity index (χ0v) is 24.9. The van der Waals surface area contributed by atoms with E-state index in [-0.39, 0.29) is 0 Å². The SMILES string of the molecule is c1cc(-c2ccc3c4ccccc4n(-c4ncnc5c4sc4ccccc45)c3c2)cc(-n2c3ccccc3c3ccccc32)c1. The minimum atomic E-state index is 0.920. The molecular formula is C40H24N4S. The Morgan fingerprint density at radius 2 is 1.04 bits per heavy atom. The largest absolute Gasteiger partial charge is 0.309 e. The highest BCUT2D eigenvalue weighted by atomic mass is 32.1. The van der Waals surface area contributed by atoms with Crippen LogP contribution in [0.2, 0.25) is 0 Å². The molecule has 4 heterocycles. The Balaban J connectivity index is 1.22. The van der Waals surface area contributed by atoms with Gasteiger partial charge in [0.15, 0.2) is 5.82 Å². The lowest BCUT2D eigenvalue weighted by molar-refractivity contribution is 1.08. The average molecular weight is 593 g/mol. The maximum absolute atomic E-state index is 4.91. The number of hydrogen-bond donors (Lipinski definition) is 0. The Hall–Kier alpha value is -5.78. The summed E-state index contributed by atoms with van der Waals surface area (Å²) in [5, 5.41) is 6.12. The minimum Gasteiger partial charge on any atom is -0.309 e. The fourth-order valence-corrected chi connectivity index (χ4v) is 8.21. The zero-order valence-electron chi connectivity index (χ0n) is 24.1. The van der Waals surface area contributed by atoms with Gasteiger partial charge in [-0.25, -0.2) is 9.97 Å². The second kappa shape index (κ2) is 9.36. The van der Waals surface area contributed by atoms with Crippen LogP contribution < -0.4 is 0 Å². The van der Waals surface area contributed by atoms with Gasteiger partial charge in [-0.2, -0.15) is 0 Å². The van der Waals surface area contributed by atoms with Crippen molar-refractivity contribution in [2.75, 3.05) is 0 Å². The number of hydrogen-bond acceptors (Lipinski definition) is 3. The van der Waals surface area contributed by atoms with Crippen LogP contribution in [0.15, 0.2) is 146 Å². The number of nitrogens with zero attached hydrogens (tertiary/aromatic N) is 4. The van der Waals surface area contributed by atoms with Gasteiger partial charge in [-0.3, -0.25) is 4.57 Å². The van der Waals surface area contributed by atoms with E-state index < -0.39 is 0 Å². The van der Waals surface area contributed by atoms with Crippen molar-refractivity contribution >= 4 is 75.3 Å². The summed E-state index contributed by atoms with van der Waals surface area (Å²) in [6.45, 7) is 0. The predicted octanol–water partition coefficient (Wildman–Crippen LogP) is 10.7. The second-order valence-electron chi connectivity index (χ2n) is 11.5. The molecule has 0 fully saturated rings. The highest BCUT2D eigenvalue weighted by molar-refractivity contribution is 7.26. The fourth-order valence-electron chi connectivity index (χ4n) is 7.07. The normalized spacial score (nSPS) is 12.0. The van der Waals surface area contributed by atoms with Gasteiger partial charge in [-0.05, 0) is 53.6 Å². The van der Waals surface area contributed by atoms with Crippen LogP contribution in [0, 0.1) is 0 Å². The lowest BCUT2D eigenvalue weighted by atomic mass is 10.0. The molecule has 10 aromatic rings. The maximum atomic E-state index is 4.91. The summed E-state index contributed by atoms with van der Waals surface area (Å²) in [6, 6.07) is 50.2. The van der Waals surface area contributed by atoms with Crippen molar-refractivity contribution in [3.8, 4) is 22.6 Å². The number of thiophene rings is 1. The van der Waals surface area contributed by atoms with Crippen molar-refractivity contribution in [3.63, 3.8) is 0 Å². The first-order valence-corrected chi connectivity index (χ1v) is 15.9. The predicted molar refractivity (Wildman–Crippen MR) is 189 cm³/mol. The quantitative estimate of drug-likeness (QED) is 0.205. The molecule has 0 amide bonds. The summed E-state index contributed by atoms with van der Waals surface area (Å²) in [5.74, 6) is 0.920. The van der Waals surface area contributed by atoms with Crippen LogP contribution in [0.25, 0.3) is 86.5 Å². The third kappa shape index (κ3) is 3.53. The molecule has 4 nitrogen and oxygen atoms in total. The smallest absolute Gasteiger partial charge is 0.159 e. The first-order valence-electron chi connectivity index (χ1n) is 15.1. The monoisotopic (exact) mass is 592 g/mol. The van der Waals surface area contributed by atoms with Crippen LogP contribution in [0.4, 0.5) is 0 Å². The third-order valence-electron chi connectivity index (χ3n) is 9.04. The Kier molecular flexibility index (Phi) is 5.12. The van der Waals surface area contributed by atoms with Gasteiger partial charge >= 0.3 is 0 Å². The second-order valence-corrected chi connectivity index (χ2v) is 12.5. The van der Waals surface area contributed by atoms with E-state index in [1.165, 1.54) is 48.2 Å².